The largest absolute Gasteiger partial charge is 0.422 e. The summed E-state index contributed by atoms with van der Waals surface area (Å²) >= 11 is 0. The minimum Gasteiger partial charge on any atom is -0.422 e. The van der Waals surface area contributed by atoms with Crippen molar-refractivity contribution in [3.63, 3.8) is 0 Å². The molecule has 0 unspecified atom stereocenters. The van der Waals surface area contributed by atoms with E-state index in [9.17, 15) is 8.42 Å². The van der Waals surface area contributed by atoms with Crippen LogP contribution in [-0.2, 0) is 27.6 Å². The Balaban J connectivity index is 1.50. The van der Waals surface area contributed by atoms with E-state index in [-0.39, 0.29) is 12.5 Å². The normalized spacial score (nSPS) is 22.0. The maximum absolute atomic E-state index is 13.2. The van der Waals surface area contributed by atoms with Gasteiger partial charge in [0.25, 0.3) is 0 Å². The zero-order valence-electron chi connectivity index (χ0n) is 15.0. The molecule has 1 aromatic carbocycles. The Hall–Kier alpha value is -1.77. The summed E-state index contributed by atoms with van der Waals surface area (Å²) in [4.78, 5) is 0. The fourth-order valence-electron chi connectivity index (χ4n) is 3.56. The average molecular weight is 377 g/mol. The molecule has 0 radical (unpaired) electrons. The molecule has 0 N–H and O–H groups in total. The fourth-order valence-corrected chi connectivity index (χ4v) is 5.43. The van der Waals surface area contributed by atoms with E-state index in [2.05, 4.69) is 10.2 Å². The van der Waals surface area contributed by atoms with Gasteiger partial charge in [0.1, 0.15) is 6.10 Å². The Labute approximate surface area is 153 Å². The number of hydrogen-bond acceptors (Lipinski definition) is 6. The quantitative estimate of drug-likeness (QED) is 0.811. The second-order valence-corrected chi connectivity index (χ2v) is 9.41. The Morgan fingerprint density at radius 3 is 2.46 bits per heavy atom. The van der Waals surface area contributed by atoms with Gasteiger partial charge >= 0.3 is 0 Å². The maximum Gasteiger partial charge on any atom is 0.246 e. The zero-order chi connectivity index (χ0) is 18.3. The highest BCUT2D eigenvalue weighted by Gasteiger charge is 2.40. The van der Waals surface area contributed by atoms with Crippen LogP contribution in [0, 0.1) is 0 Å². The molecule has 7 nitrogen and oxygen atoms in total. The summed E-state index contributed by atoms with van der Waals surface area (Å²) in [5.41, 5.74) is 2.26. The summed E-state index contributed by atoms with van der Waals surface area (Å²) in [6.07, 6.45) is 0.624. The second-order valence-electron chi connectivity index (χ2n) is 7.19. The number of benzene rings is 1. The van der Waals surface area contributed by atoms with E-state index < -0.39 is 21.4 Å². The van der Waals surface area contributed by atoms with Gasteiger partial charge in [0.15, 0.2) is 0 Å². The highest BCUT2D eigenvalue weighted by molar-refractivity contribution is 7.89. The summed E-state index contributed by atoms with van der Waals surface area (Å²) < 4.78 is 39.2. The van der Waals surface area contributed by atoms with E-state index in [1.165, 1.54) is 4.31 Å². The average Bonchev–Trinajstić information content (AvgIpc) is 3.29. The maximum atomic E-state index is 13.2. The van der Waals surface area contributed by atoms with Crippen molar-refractivity contribution in [3.05, 3.63) is 47.2 Å². The van der Waals surface area contributed by atoms with Gasteiger partial charge in [-0.1, -0.05) is 38.1 Å². The van der Waals surface area contributed by atoms with Crippen molar-refractivity contribution in [1.29, 1.82) is 0 Å². The number of morpholine rings is 1. The molecule has 2 aliphatic rings. The van der Waals surface area contributed by atoms with Crippen LogP contribution in [0.2, 0.25) is 0 Å². The van der Waals surface area contributed by atoms with Gasteiger partial charge in [-0.05, 0) is 24.0 Å². The number of fused-ring (bicyclic) bond motifs is 1. The van der Waals surface area contributed by atoms with E-state index >= 15 is 0 Å². The molecule has 1 aliphatic heterocycles. The van der Waals surface area contributed by atoms with Crippen LogP contribution in [0.1, 0.15) is 48.8 Å². The third-order valence-corrected chi connectivity index (χ3v) is 7.28. The third kappa shape index (κ3) is 3.17. The molecule has 2 heterocycles. The van der Waals surface area contributed by atoms with Gasteiger partial charge in [-0.3, -0.25) is 0 Å². The van der Waals surface area contributed by atoms with Crippen LogP contribution in [0.4, 0.5) is 0 Å². The topological polar surface area (TPSA) is 85.5 Å². The summed E-state index contributed by atoms with van der Waals surface area (Å²) in [5, 5.41) is 7.65. The number of sulfonamides is 1. The molecule has 1 saturated heterocycles. The lowest BCUT2D eigenvalue weighted by Crippen LogP contribution is -2.46. The summed E-state index contributed by atoms with van der Waals surface area (Å²) in [6, 6.07) is 7.94. The van der Waals surface area contributed by atoms with Crippen LogP contribution in [0.5, 0.6) is 0 Å². The predicted octanol–water partition coefficient (Wildman–Crippen LogP) is 2.06. The number of aromatic nitrogens is 2. The Bertz CT molecular complexity index is 868. The van der Waals surface area contributed by atoms with Crippen LogP contribution in [0.3, 0.4) is 0 Å². The van der Waals surface area contributed by atoms with Crippen LogP contribution in [0.25, 0.3) is 0 Å². The van der Waals surface area contributed by atoms with Gasteiger partial charge in [-0.2, -0.15) is 4.31 Å². The SMILES string of the molecule is CC(C)c1nnc([C@@H]2CN(S(=O)(=O)C3Cc4ccccc4C3)CCO2)o1. The first-order valence-electron chi connectivity index (χ1n) is 8.96. The van der Waals surface area contributed by atoms with Crippen LogP contribution < -0.4 is 0 Å². The van der Waals surface area contributed by atoms with Crippen LogP contribution >= 0.6 is 0 Å². The number of hydrogen-bond donors (Lipinski definition) is 0. The minimum absolute atomic E-state index is 0.122. The molecular weight excluding hydrogens is 354 g/mol. The van der Waals surface area contributed by atoms with Crippen molar-refractivity contribution in [2.24, 2.45) is 0 Å². The molecule has 1 fully saturated rings. The number of rotatable bonds is 4. The van der Waals surface area contributed by atoms with E-state index in [1.54, 1.807) is 0 Å². The minimum atomic E-state index is -3.42. The predicted molar refractivity (Wildman–Crippen MR) is 95.2 cm³/mol. The van der Waals surface area contributed by atoms with Gasteiger partial charge < -0.3 is 9.15 Å². The van der Waals surface area contributed by atoms with Crippen molar-refractivity contribution in [1.82, 2.24) is 14.5 Å². The molecule has 0 spiro atoms. The van der Waals surface area contributed by atoms with E-state index in [1.807, 2.05) is 38.1 Å². The van der Waals surface area contributed by atoms with Gasteiger partial charge in [-0.25, -0.2) is 8.42 Å². The van der Waals surface area contributed by atoms with Gasteiger partial charge in [0.05, 0.1) is 11.9 Å². The Morgan fingerprint density at radius 1 is 1.15 bits per heavy atom. The van der Waals surface area contributed by atoms with Crippen LogP contribution in [-0.4, -0.2) is 47.9 Å². The molecule has 0 saturated carbocycles. The summed E-state index contributed by atoms with van der Waals surface area (Å²) in [7, 11) is -3.42. The highest BCUT2D eigenvalue weighted by Crippen LogP contribution is 2.31. The monoisotopic (exact) mass is 377 g/mol. The van der Waals surface area contributed by atoms with Gasteiger partial charge in [0, 0.05) is 19.0 Å². The molecule has 1 aromatic heterocycles. The van der Waals surface area contributed by atoms with Crippen molar-refractivity contribution in [2.75, 3.05) is 19.7 Å². The van der Waals surface area contributed by atoms with E-state index in [0.717, 1.165) is 11.1 Å². The third-order valence-electron chi connectivity index (χ3n) is 5.05. The molecule has 0 amide bonds. The van der Waals surface area contributed by atoms with Crippen LogP contribution in [0.15, 0.2) is 28.7 Å². The van der Waals surface area contributed by atoms with E-state index in [4.69, 9.17) is 9.15 Å². The molecular formula is C18H23N3O4S. The Morgan fingerprint density at radius 2 is 1.85 bits per heavy atom. The molecule has 4 rings (SSSR count). The zero-order valence-corrected chi connectivity index (χ0v) is 15.8. The van der Waals surface area contributed by atoms with Gasteiger partial charge in [-0.15, -0.1) is 10.2 Å². The van der Waals surface area contributed by atoms with Crippen molar-refractivity contribution < 1.29 is 17.6 Å². The molecule has 1 aliphatic carbocycles. The lowest BCUT2D eigenvalue weighted by Gasteiger charge is -2.32. The second kappa shape index (κ2) is 6.75. The summed E-state index contributed by atoms with van der Waals surface area (Å²) in [5.74, 6) is 1.01. The first kappa shape index (κ1) is 17.6. The number of ether oxygens (including phenoxy) is 1. The van der Waals surface area contributed by atoms with Gasteiger partial charge in [0.2, 0.25) is 21.8 Å². The molecule has 0 bridgehead atoms. The fraction of sp³-hybridized carbons (Fsp3) is 0.556. The first-order chi connectivity index (χ1) is 12.4. The molecule has 8 heteroatoms. The summed E-state index contributed by atoms with van der Waals surface area (Å²) in [6.45, 7) is 4.83. The van der Waals surface area contributed by atoms with Crippen molar-refractivity contribution in [2.45, 2.75) is 44.0 Å². The Kier molecular flexibility index (Phi) is 4.58. The smallest absolute Gasteiger partial charge is 0.246 e. The standard InChI is InChI=1S/C18H23N3O4S/c1-12(2)17-19-20-18(25-17)16-11-21(7-8-24-16)26(22,23)15-9-13-5-3-4-6-14(13)10-15/h3-6,12,15-16H,7-11H2,1-2H3/t16-/m0/s1. The lowest BCUT2D eigenvalue weighted by atomic mass is 10.1. The van der Waals surface area contributed by atoms with E-state index in [0.29, 0.717) is 37.8 Å². The highest BCUT2D eigenvalue weighted by atomic mass is 32.2. The molecule has 26 heavy (non-hydrogen) atoms. The molecule has 1 atom stereocenters. The first-order valence-corrected chi connectivity index (χ1v) is 10.5. The number of nitrogens with zero attached hydrogens (tertiary/aromatic N) is 3. The van der Waals surface area contributed by atoms with Crippen molar-refractivity contribution in [3.8, 4) is 0 Å². The lowest BCUT2D eigenvalue weighted by molar-refractivity contribution is -0.0181. The van der Waals surface area contributed by atoms with Crippen molar-refractivity contribution >= 4 is 10.0 Å². The molecule has 140 valence electrons. The molecule has 2 aromatic rings.